The zero-order valence-electron chi connectivity index (χ0n) is 12.0. The largest absolute Gasteiger partial charge is 0.496 e. The van der Waals surface area contributed by atoms with Crippen LogP contribution in [0.3, 0.4) is 0 Å². The Hall–Kier alpha value is -1.55. The number of benzene rings is 1. The molecule has 1 saturated carbocycles. The number of hydrogen-bond donors (Lipinski definition) is 1. The normalized spacial score (nSPS) is 15.3. The van der Waals surface area contributed by atoms with Gasteiger partial charge in [-0.25, -0.2) is 0 Å². The SMILES string of the molecule is COc1ccccc1CC(=O)N(CCO)C1CCCC1. The molecule has 0 aromatic heterocycles. The summed E-state index contributed by atoms with van der Waals surface area (Å²) in [6.45, 7) is 0.451. The molecule has 1 amide bonds. The van der Waals surface area contributed by atoms with Crippen molar-refractivity contribution in [2.45, 2.75) is 38.1 Å². The van der Waals surface area contributed by atoms with Gasteiger partial charge in [-0.15, -0.1) is 0 Å². The maximum absolute atomic E-state index is 12.5. The number of ether oxygens (including phenoxy) is 1. The molecule has 0 unspecified atom stereocenters. The van der Waals surface area contributed by atoms with Crippen LogP contribution in [0.2, 0.25) is 0 Å². The third kappa shape index (κ3) is 3.51. The van der Waals surface area contributed by atoms with Gasteiger partial charge in [-0.1, -0.05) is 31.0 Å². The van der Waals surface area contributed by atoms with Gasteiger partial charge in [0.05, 0.1) is 20.1 Å². The van der Waals surface area contributed by atoms with Gasteiger partial charge in [-0.3, -0.25) is 4.79 Å². The van der Waals surface area contributed by atoms with Crippen molar-refractivity contribution in [3.05, 3.63) is 29.8 Å². The predicted octanol–water partition coefficient (Wildman–Crippen LogP) is 2.00. The van der Waals surface area contributed by atoms with Crippen molar-refractivity contribution in [3.8, 4) is 5.75 Å². The topological polar surface area (TPSA) is 49.8 Å². The molecule has 0 saturated heterocycles. The Morgan fingerprint density at radius 3 is 2.70 bits per heavy atom. The first-order valence-corrected chi connectivity index (χ1v) is 7.28. The van der Waals surface area contributed by atoms with Crippen molar-refractivity contribution < 1.29 is 14.6 Å². The number of rotatable bonds is 6. The summed E-state index contributed by atoms with van der Waals surface area (Å²) in [5.41, 5.74) is 0.904. The summed E-state index contributed by atoms with van der Waals surface area (Å²) in [5.74, 6) is 0.826. The molecule has 0 heterocycles. The molecule has 20 heavy (non-hydrogen) atoms. The van der Waals surface area contributed by atoms with Gasteiger partial charge in [0.2, 0.25) is 5.91 Å². The second-order valence-corrected chi connectivity index (χ2v) is 5.24. The van der Waals surface area contributed by atoms with E-state index in [1.807, 2.05) is 29.2 Å². The van der Waals surface area contributed by atoms with E-state index in [-0.39, 0.29) is 12.5 Å². The van der Waals surface area contributed by atoms with Gasteiger partial charge >= 0.3 is 0 Å². The van der Waals surface area contributed by atoms with Gasteiger partial charge in [0.15, 0.2) is 0 Å². The van der Waals surface area contributed by atoms with E-state index in [9.17, 15) is 9.90 Å². The summed E-state index contributed by atoms with van der Waals surface area (Å²) in [5, 5.41) is 9.19. The van der Waals surface area contributed by atoms with Crippen LogP contribution in [-0.2, 0) is 11.2 Å². The second kappa shape index (κ2) is 7.29. The third-order valence-electron chi connectivity index (χ3n) is 3.96. The molecule has 110 valence electrons. The number of hydrogen-bond acceptors (Lipinski definition) is 3. The summed E-state index contributed by atoms with van der Waals surface area (Å²) in [7, 11) is 1.62. The van der Waals surface area contributed by atoms with Crippen LogP contribution in [0, 0.1) is 0 Å². The van der Waals surface area contributed by atoms with Crippen LogP contribution in [0.1, 0.15) is 31.2 Å². The number of carbonyl (C=O) groups is 1. The number of aliphatic hydroxyl groups is 1. The van der Waals surface area contributed by atoms with E-state index >= 15 is 0 Å². The van der Waals surface area contributed by atoms with Crippen LogP contribution >= 0.6 is 0 Å². The average Bonchev–Trinajstić information content (AvgIpc) is 2.99. The molecule has 1 fully saturated rings. The highest BCUT2D eigenvalue weighted by molar-refractivity contribution is 5.80. The highest BCUT2D eigenvalue weighted by Gasteiger charge is 2.26. The van der Waals surface area contributed by atoms with Gasteiger partial charge in [0, 0.05) is 18.2 Å². The van der Waals surface area contributed by atoms with Gasteiger partial charge < -0.3 is 14.7 Å². The van der Waals surface area contributed by atoms with E-state index in [0.717, 1.165) is 24.2 Å². The Bertz CT molecular complexity index is 441. The van der Waals surface area contributed by atoms with E-state index in [0.29, 0.717) is 19.0 Å². The fourth-order valence-corrected chi connectivity index (χ4v) is 2.95. The lowest BCUT2D eigenvalue weighted by Crippen LogP contribution is -2.41. The van der Waals surface area contributed by atoms with E-state index in [1.54, 1.807) is 7.11 Å². The van der Waals surface area contributed by atoms with Crippen LogP contribution in [0.25, 0.3) is 0 Å². The fourth-order valence-electron chi connectivity index (χ4n) is 2.95. The lowest BCUT2D eigenvalue weighted by Gasteiger charge is -2.28. The number of carbonyl (C=O) groups excluding carboxylic acids is 1. The summed E-state index contributed by atoms with van der Waals surface area (Å²) in [4.78, 5) is 14.4. The van der Waals surface area contributed by atoms with Crippen LogP contribution in [0.5, 0.6) is 5.75 Å². The maximum atomic E-state index is 12.5. The maximum Gasteiger partial charge on any atom is 0.227 e. The minimum atomic E-state index is 0.0220. The molecular formula is C16H23NO3. The molecule has 0 atom stereocenters. The first-order valence-electron chi connectivity index (χ1n) is 7.28. The van der Waals surface area contributed by atoms with Crippen molar-refractivity contribution in [1.29, 1.82) is 0 Å². The van der Waals surface area contributed by atoms with Crippen LogP contribution in [0.4, 0.5) is 0 Å². The molecule has 0 spiro atoms. The number of para-hydroxylation sites is 1. The summed E-state index contributed by atoms with van der Waals surface area (Å²) >= 11 is 0. The Morgan fingerprint density at radius 2 is 2.05 bits per heavy atom. The highest BCUT2D eigenvalue weighted by Crippen LogP contribution is 2.25. The van der Waals surface area contributed by atoms with Crippen molar-refractivity contribution in [2.24, 2.45) is 0 Å². The van der Waals surface area contributed by atoms with Crippen molar-refractivity contribution >= 4 is 5.91 Å². The molecule has 1 aromatic carbocycles. The Balaban J connectivity index is 2.07. The molecule has 4 heteroatoms. The Kier molecular flexibility index (Phi) is 5.41. The van der Waals surface area contributed by atoms with Gasteiger partial charge in [-0.2, -0.15) is 0 Å². The lowest BCUT2D eigenvalue weighted by molar-refractivity contribution is -0.133. The molecule has 0 aliphatic heterocycles. The van der Waals surface area contributed by atoms with E-state index in [4.69, 9.17) is 4.74 Å². The highest BCUT2D eigenvalue weighted by atomic mass is 16.5. The van der Waals surface area contributed by atoms with Gasteiger partial charge in [-0.05, 0) is 18.9 Å². The first kappa shape index (κ1) is 14.9. The molecule has 0 radical (unpaired) electrons. The fraction of sp³-hybridized carbons (Fsp3) is 0.562. The van der Waals surface area contributed by atoms with Crippen LogP contribution in [-0.4, -0.2) is 42.2 Å². The minimum absolute atomic E-state index is 0.0220. The van der Waals surface area contributed by atoms with Crippen molar-refractivity contribution in [2.75, 3.05) is 20.3 Å². The lowest BCUT2D eigenvalue weighted by atomic mass is 10.1. The van der Waals surface area contributed by atoms with E-state index in [2.05, 4.69) is 0 Å². The Labute approximate surface area is 120 Å². The zero-order valence-corrected chi connectivity index (χ0v) is 12.0. The number of aliphatic hydroxyl groups excluding tert-OH is 1. The quantitative estimate of drug-likeness (QED) is 0.865. The molecule has 1 aromatic rings. The number of nitrogens with zero attached hydrogens (tertiary/aromatic N) is 1. The first-order chi connectivity index (χ1) is 9.76. The predicted molar refractivity (Wildman–Crippen MR) is 77.8 cm³/mol. The summed E-state index contributed by atoms with van der Waals surface area (Å²) in [6, 6.07) is 7.90. The second-order valence-electron chi connectivity index (χ2n) is 5.24. The van der Waals surface area contributed by atoms with Crippen molar-refractivity contribution in [3.63, 3.8) is 0 Å². The third-order valence-corrected chi connectivity index (χ3v) is 3.96. The monoisotopic (exact) mass is 277 g/mol. The molecule has 4 nitrogen and oxygen atoms in total. The standard InChI is InChI=1S/C16H23NO3/c1-20-15-9-5-2-6-13(15)12-16(19)17(10-11-18)14-7-3-4-8-14/h2,5-6,9,14,18H,3-4,7-8,10-12H2,1H3. The summed E-state index contributed by atoms with van der Waals surface area (Å²) in [6.07, 6.45) is 4.79. The van der Waals surface area contributed by atoms with E-state index in [1.165, 1.54) is 12.8 Å². The van der Waals surface area contributed by atoms with Crippen LogP contribution in [0.15, 0.2) is 24.3 Å². The number of amides is 1. The van der Waals surface area contributed by atoms with Crippen molar-refractivity contribution in [1.82, 2.24) is 4.90 Å². The van der Waals surface area contributed by atoms with E-state index < -0.39 is 0 Å². The molecule has 1 aliphatic carbocycles. The molecule has 1 aliphatic rings. The molecular weight excluding hydrogens is 254 g/mol. The molecule has 0 bridgehead atoms. The zero-order chi connectivity index (χ0) is 14.4. The molecule has 1 N–H and O–H groups in total. The summed E-state index contributed by atoms with van der Waals surface area (Å²) < 4.78 is 5.29. The average molecular weight is 277 g/mol. The molecule has 2 rings (SSSR count). The minimum Gasteiger partial charge on any atom is -0.496 e. The Morgan fingerprint density at radius 1 is 1.35 bits per heavy atom. The number of methoxy groups -OCH3 is 1. The van der Waals surface area contributed by atoms with Gasteiger partial charge in [0.1, 0.15) is 5.75 Å². The smallest absolute Gasteiger partial charge is 0.227 e. The van der Waals surface area contributed by atoms with Crippen LogP contribution < -0.4 is 4.74 Å². The van der Waals surface area contributed by atoms with Gasteiger partial charge in [0.25, 0.3) is 0 Å².